The topological polar surface area (TPSA) is 36.1 Å². The summed E-state index contributed by atoms with van der Waals surface area (Å²) in [5, 5.41) is 1.26. The minimum Gasteiger partial charge on any atom is -0.358 e. The van der Waals surface area contributed by atoms with Gasteiger partial charge in [-0.25, -0.2) is 0 Å². The summed E-state index contributed by atoms with van der Waals surface area (Å²) >= 11 is 0. The van der Waals surface area contributed by atoms with Gasteiger partial charge in [-0.3, -0.25) is 4.79 Å². The van der Waals surface area contributed by atoms with Crippen LogP contribution in [0, 0.1) is 5.92 Å². The Morgan fingerprint density at radius 3 is 2.95 bits per heavy atom. The fourth-order valence-electron chi connectivity index (χ4n) is 3.25. The Balaban J connectivity index is 1.74. The largest absolute Gasteiger partial charge is 0.358 e. The maximum absolute atomic E-state index is 12.3. The zero-order valence-electron chi connectivity index (χ0n) is 12.9. The number of fused-ring (bicyclic) bond motifs is 1. The number of H-pyrrole nitrogens is 1. The number of aromatic nitrogens is 1. The zero-order valence-corrected chi connectivity index (χ0v) is 12.9. The Bertz CT molecular complexity index is 596. The van der Waals surface area contributed by atoms with Gasteiger partial charge < -0.3 is 9.88 Å². The first-order valence-corrected chi connectivity index (χ1v) is 7.99. The lowest BCUT2D eigenvalue weighted by atomic mass is 9.94. The van der Waals surface area contributed by atoms with Crippen molar-refractivity contribution in [1.29, 1.82) is 0 Å². The van der Waals surface area contributed by atoms with Gasteiger partial charge in [0, 0.05) is 36.6 Å². The number of rotatable bonds is 3. The molecule has 21 heavy (non-hydrogen) atoms. The minimum atomic E-state index is 0.311. The third-order valence-corrected chi connectivity index (χ3v) is 4.35. The number of amides is 1. The number of para-hydroxylation sites is 1. The molecule has 112 valence electrons. The lowest BCUT2D eigenvalue weighted by Gasteiger charge is -2.33. The molecule has 1 unspecified atom stereocenters. The Hall–Kier alpha value is -1.77. The molecule has 1 aromatic heterocycles. The van der Waals surface area contributed by atoms with E-state index in [1.165, 1.54) is 16.6 Å². The molecule has 1 aliphatic heterocycles. The monoisotopic (exact) mass is 284 g/mol. The molecule has 1 fully saturated rings. The van der Waals surface area contributed by atoms with Crippen LogP contribution < -0.4 is 0 Å². The summed E-state index contributed by atoms with van der Waals surface area (Å²) in [4.78, 5) is 17.9. The van der Waals surface area contributed by atoms with Crippen LogP contribution in [0.4, 0.5) is 0 Å². The first kappa shape index (κ1) is 14.2. The summed E-state index contributed by atoms with van der Waals surface area (Å²) < 4.78 is 0. The van der Waals surface area contributed by atoms with Crippen molar-refractivity contribution in [3.63, 3.8) is 0 Å². The van der Waals surface area contributed by atoms with Crippen LogP contribution in [0.25, 0.3) is 10.9 Å². The van der Waals surface area contributed by atoms with Gasteiger partial charge in [-0.2, -0.15) is 0 Å². The number of hydrogen-bond donors (Lipinski definition) is 1. The van der Waals surface area contributed by atoms with E-state index in [0.717, 1.165) is 25.9 Å². The molecule has 0 bridgehead atoms. The molecule has 1 aromatic carbocycles. The molecule has 1 saturated heterocycles. The van der Waals surface area contributed by atoms with E-state index >= 15 is 0 Å². The van der Waals surface area contributed by atoms with Crippen molar-refractivity contribution in [2.45, 2.75) is 39.0 Å². The van der Waals surface area contributed by atoms with Crippen LogP contribution in [0.1, 0.15) is 44.7 Å². The molecule has 1 atom stereocenters. The van der Waals surface area contributed by atoms with Gasteiger partial charge in [-0.05, 0) is 36.3 Å². The third-order valence-electron chi connectivity index (χ3n) is 4.35. The van der Waals surface area contributed by atoms with E-state index in [1.54, 1.807) is 0 Å². The lowest BCUT2D eigenvalue weighted by molar-refractivity contribution is -0.133. The SMILES string of the molecule is CC(C)CC(=O)N1CCCC(c2cc3ccccc3[nH]2)C1. The number of nitrogens with one attached hydrogen (secondary N) is 1. The van der Waals surface area contributed by atoms with E-state index < -0.39 is 0 Å². The molecule has 3 heteroatoms. The van der Waals surface area contributed by atoms with Crippen molar-refractivity contribution < 1.29 is 4.79 Å². The third kappa shape index (κ3) is 3.12. The highest BCUT2D eigenvalue weighted by Gasteiger charge is 2.25. The molecule has 2 heterocycles. The minimum absolute atomic E-state index is 0.311. The van der Waals surface area contributed by atoms with Gasteiger partial charge in [0.15, 0.2) is 0 Å². The van der Waals surface area contributed by atoms with E-state index in [4.69, 9.17) is 0 Å². The van der Waals surface area contributed by atoms with Crippen molar-refractivity contribution in [2.75, 3.05) is 13.1 Å². The average Bonchev–Trinajstić information content (AvgIpc) is 2.90. The first-order chi connectivity index (χ1) is 10.1. The number of benzene rings is 1. The summed E-state index contributed by atoms with van der Waals surface area (Å²) in [6.07, 6.45) is 2.93. The molecule has 1 aliphatic rings. The van der Waals surface area contributed by atoms with Crippen LogP contribution in [0.5, 0.6) is 0 Å². The number of hydrogen-bond acceptors (Lipinski definition) is 1. The molecule has 0 radical (unpaired) electrons. The van der Waals surface area contributed by atoms with Gasteiger partial charge in [0.25, 0.3) is 0 Å². The molecular weight excluding hydrogens is 260 g/mol. The fraction of sp³-hybridized carbons (Fsp3) is 0.500. The molecule has 0 aliphatic carbocycles. The fourth-order valence-corrected chi connectivity index (χ4v) is 3.25. The normalized spacial score (nSPS) is 19.4. The van der Waals surface area contributed by atoms with Crippen molar-refractivity contribution in [3.05, 3.63) is 36.0 Å². The van der Waals surface area contributed by atoms with Gasteiger partial charge in [0.2, 0.25) is 5.91 Å². The van der Waals surface area contributed by atoms with E-state index in [0.29, 0.717) is 24.2 Å². The summed E-state index contributed by atoms with van der Waals surface area (Å²) in [7, 11) is 0. The molecular formula is C18H24N2O. The molecule has 3 nitrogen and oxygen atoms in total. The van der Waals surface area contributed by atoms with Gasteiger partial charge in [-0.1, -0.05) is 32.0 Å². The standard InChI is InChI=1S/C18H24N2O/c1-13(2)10-18(21)20-9-5-7-15(12-20)17-11-14-6-3-4-8-16(14)19-17/h3-4,6,8,11,13,15,19H,5,7,9-10,12H2,1-2H3. The Morgan fingerprint density at radius 2 is 2.19 bits per heavy atom. The summed E-state index contributed by atoms with van der Waals surface area (Å²) in [6, 6.07) is 10.6. The van der Waals surface area contributed by atoms with Crippen molar-refractivity contribution in [3.8, 4) is 0 Å². The highest BCUT2D eigenvalue weighted by molar-refractivity contribution is 5.80. The quantitative estimate of drug-likeness (QED) is 0.911. The Labute approximate surface area is 126 Å². The predicted octanol–water partition coefficient (Wildman–Crippen LogP) is 3.92. The van der Waals surface area contributed by atoms with E-state index in [9.17, 15) is 4.79 Å². The Morgan fingerprint density at radius 1 is 1.38 bits per heavy atom. The van der Waals surface area contributed by atoms with Crippen molar-refractivity contribution >= 4 is 16.8 Å². The van der Waals surface area contributed by atoms with Crippen LogP contribution >= 0.6 is 0 Å². The number of carbonyl (C=O) groups is 1. The summed E-state index contributed by atoms with van der Waals surface area (Å²) in [6.45, 7) is 5.99. The zero-order chi connectivity index (χ0) is 14.8. The van der Waals surface area contributed by atoms with Gasteiger partial charge in [0.05, 0.1) is 0 Å². The van der Waals surface area contributed by atoms with Gasteiger partial charge in [0.1, 0.15) is 0 Å². The smallest absolute Gasteiger partial charge is 0.222 e. The summed E-state index contributed by atoms with van der Waals surface area (Å²) in [5.41, 5.74) is 2.47. The molecule has 0 saturated carbocycles. The number of carbonyl (C=O) groups excluding carboxylic acids is 1. The number of piperidine rings is 1. The highest BCUT2D eigenvalue weighted by atomic mass is 16.2. The van der Waals surface area contributed by atoms with Crippen LogP contribution in [-0.4, -0.2) is 28.9 Å². The molecule has 1 N–H and O–H groups in total. The second kappa shape index (κ2) is 5.92. The van der Waals surface area contributed by atoms with E-state index in [2.05, 4.69) is 54.1 Å². The van der Waals surface area contributed by atoms with Gasteiger partial charge >= 0.3 is 0 Å². The number of aromatic amines is 1. The average molecular weight is 284 g/mol. The van der Waals surface area contributed by atoms with Crippen LogP contribution in [0.15, 0.2) is 30.3 Å². The van der Waals surface area contributed by atoms with Crippen LogP contribution in [0.3, 0.4) is 0 Å². The first-order valence-electron chi connectivity index (χ1n) is 7.99. The second-order valence-electron chi connectivity index (χ2n) is 6.59. The van der Waals surface area contributed by atoms with Crippen LogP contribution in [-0.2, 0) is 4.79 Å². The molecule has 0 spiro atoms. The number of nitrogens with zero attached hydrogens (tertiary/aromatic N) is 1. The lowest BCUT2D eigenvalue weighted by Crippen LogP contribution is -2.39. The van der Waals surface area contributed by atoms with E-state index in [1.807, 2.05) is 0 Å². The second-order valence-corrected chi connectivity index (χ2v) is 6.59. The van der Waals surface area contributed by atoms with Gasteiger partial charge in [-0.15, -0.1) is 0 Å². The number of likely N-dealkylation sites (tertiary alicyclic amines) is 1. The maximum Gasteiger partial charge on any atom is 0.222 e. The summed E-state index contributed by atoms with van der Waals surface area (Å²) in [5.74, 6) is 1.19. The van der Waals surface area contributed by atoms with E-state index in [-0.39, 0.29) is 0 Å². The molecule has 2 aromatic rings. The Kier molecular flexibility index (Phi) is 4.00. The highest BCUT2D eigenvalue weighted by Crippen LogP contribution is 2.29. The van der Waals surface area contributed by atoms with Crippen molar-refractivity contribution in [1.82, 2.24) is 9.88 Å². The maximum atomic E-state index is 12.3. The van der Waals surface area contributed by atoms with Crippen molar-refractivity contribution in [2.24, 2.45) is 5.92 Å². The molecule has 3 rings (SSSR count). The van der Waals surface area contributed by atoms with Crippen LogP contribution in [0.2, 0.25) is 0 Å². The predicted molar refractivity (Wildman–Crippen MR) is 86.3 cm³/mol. The molecule has 1 amide bonds.